The third-order valence-corrected chi connectivity index (χ3v) is 5.40. The monoisotopic (exact) mass is 324 g/mol. The summed E-state index contributed by atoms with van der Waals surface area (Å²) in [6.07, 6.45) is 5.43. The Bertz CT molecular complexity index is 604. The van der Waals surface area contributed by atoms with E-state index >= 15 is 0 Å². The molecule has 3 heterocycles. The molecule has 0 saturated carbocycles. The highest BCUT2D eigenvalue weighted by atomic mass is 35.5. The van der Waals surface area contributed by atoms with Crippen molar-refractivity contribution in [1.82, 2.24) is 19.9 Å². The van der Waals surface area contributed by atoms with E-state index in [1.54, 1.807) is 6.20 Å². The van der Waals surface area contributed by atoms with Crippen LogP contribution < -0.4 is 0 Å². The molecule has 112 valence electrons. The third kappa shape index (κ3) is 3.11. The predicted molar refractivity (Wildman–Crippen MR) is 82.6 cm³/mol. The molecule has 1 fully saturated rings. The first-order valence-electron chi connectivity index (χ1n) is 7.05. The minimum atomic E-state index is -0.120. The molecule has 1 saturated heterocycles. The molecule has 0 N–H and O–H groups in total. The first kappa shape index (κ1) is 14.5. The van der Waals surface area contributed by atoms with E-state index in [9.17, 15) is 4.79 Å². The van der Waals surface area contributed by atoms with Crippen molar-refractivity contribution in [3.63, 3.8) is 0 Å². The van der Waals surface area contributed by atoms with E-state index in [0.29, 0.717) is 6.04 Å². The van der Waals surface area contributed by atoms with Gasteiger partial charge in [0.25, 0.3) is 0 Å². The summed E-state index contributed by atoms with van der Waals surface area (Å²) in [5.74, 6) is 0.0657. The van der Waals surface area contributed by atoms with Crippen molar-refractivity contribution >= 4 is 28.8 Å². The maximum atomic E-state index is 12.6. The van der Waals surface area contributed by atoms with Gasteiger partial charge in [-0.25, -0.2) is 4.68 Å². The van der Waals surface area contributed by atoms with E-state index in [1.807, 2.05) is 34.8 Å². The van der Waals surface area contributed by atoms with Gasteiger partial charge in [0.05, 0.1) is 22.5 Å². The normalized spacial score (nSPS) is 17.9. The fourth-order valence-electron chi connectivity index (χ4n) is 2.72. The van der Waals surface area contributed by atoms with Gasteiger partial charge in [0, 0.05) is 24.2 Å². The van der Waals surface area contributed by atoms with E-state index in [0.717, 1.165) is 35.1 Å². The highest BCUT2D eigenvalue weighted by Gasteiger charge is 2.28. The van der Waals surface area contributed by atoms with Crippen molar-refractivity contribution in [1.29, 1.82) is 0 Å². The van der Waals surface area contributed by atoms with E-state index in [4.69, 9.17) is 11.6 Å². The van der Waals surface area contributed by atoms with Gasteiger partial charge in [0.1, 0.15) is 0 Å². The quantitative estimate of drug-likeness (QED) is 0.872. The Labute approximate surface area is 132 Å². The van der Waals surface area contributed by atoms with Gasteiger partial charge < -0.3 is 4.90 Å². The Morgan fingerprint density at radius 2 is 2.19 bits per heavy atom. The Balaban J connectivity index is 1.60. The molecule has 0 bridgehead atoms. The fraction of sp³-hybridized carbons (Fsp3) is 0.500. The topological polar surface area (TPSA) is 51.0 Å². The summed E-state index contributed by atoms with van der Waals surface area (Å²) in [5.41, 5.74) is 0. The summed E-state index contributed by atoms with van der Waals surface area (Å²) >= 11 is 7.43. The molecule has 0 aromatic carbocycles. The van der Waals surface area contributed by atoms with Crippen molar-refractivity contribution < 1.29 is 4.79 Å². The van der Waals surface area contributed by atoms with Crippen molar-refractivity contribution in [2.24, 2.45) is 0 Å². The van der Waals surface area contributed by atoms with Crippen LogP contribution in [0.5, 0.6) is 0 Å². The molecule has 1 aliphatic rings. The summed E-state index contributed by atoms with van der Waals surface area (Å²) in [4.78, 5) is 15.5. The number of aromatic nitrogens is 3. The van der Waals surface area contributed by atoms with E-state index in [2.05, 4.69) is 10.3 Å². The zero-order chi connectivity index (χ0) is 14.8. The molecule has 1 amide bonds. The molecular weight excluding hydrogens is 308 g/mol. The van der Waals surface area contributed by atoms with E-state index in [-0.39, 0.29) is 11.8 Å². The second-order valence-electron chi connectivity index (χ2n) is 5.30. The zero-order valence-electron chi connectivity index (χ0n) is 11.8. The summed E-state index contributed by atoms with van der Waals surface area (Å²) < 4.78 is 2.62. The van der Waals surface area contributed by atoms with E-state index < -0.39 is 0 Å². The number of piperidine rings is 1. The van der Waals surface area contributed by atoms with Gasteiger partial charge in [-0.05, 0) is 31.9 Å². The van der Waals surface area contributed by atoms with Crippen LogP contribution in [0.1, 0.15) is 36.6 Å². The molecule has 5 nitrogen and oxygen atoms in total. The van der Waals surface area contributed by atoms with Gasteiger partial charge in [0.2, 0.25) is 5.91 Å². The van der Waals surface area contributed by atoms with Crippen molar-refractivity contribution in [3.05, 3.63) is 33.7 Å². The largest absolute Gasteiger partial charge is 0.342 e. The Kier molecular flexibility index (Phi) is 4.26. The molecule has 1 aliphatic heterocycles. The number of amides is 1. The van der Waals surface area contributed by atoms with Crippen molar-refractivity contribution in [2.45, 2.75) is 31.7 Å². The number of likely N-dealkylation sites (tertiary alicyclic amines) is 1. The number of carbonyl (C=O) groups is 1. The van der Waals surface area contributed by atoms with Gasteiger partial charge in [-0.1, -0.05) is 16.8 Å². The molecule has 0 radical (unpaired) electrons. The van der Waals surface area contributed by atoms with Crippen LogP contribution in [0.25, 0.3) is 0 Å². The van der Waals surface area contributed by atoms with Crippen molar-refractivity contribution in [2.75, 3.05) is 13.1 Å². The van der Waals surface area contributed by atoms with Gasteiger partial charge in [-0.3, -0.25) is 4.79 Å². The second kappa shape index (κ2) is 6.15. The van der Waals surface area contributed by atoms with Crippen LogP contribution >= 0.6 is 22.9 Å². The van der Waals surface area contributed by atoms with E-state index in [1.165, 1.54) is 11.3 Å². The summed E-state index contributed by atoms with van der Waals surface area (Å²) in [6.45, 7) is 3.49. The number of carbonyl (C=O) groups excluding carboxylic acids is 1. The first-order chi connectivity index (χ1) is 10.1. The van der Waals surface area contributed by atoms with Crippen LogP contribution in [0.3, 0.4) is 0 Å². The SMILES string of the molecule is CC(C(=O)N1CCC(n2ccnn2)CC1)c1ccc(Cl)s1. The highest BCUT2D eigenvalue weighted by Crippen LogP contribution is 2.30. The van der Waals surface area contributed by atoms with Crippen LogP contribution in [-0.4, -0.2) is 38.9 Å². The molecule has 0 aliphatic carbocycles. The molecular formula is C14H17ClN4OS. The lowest BCUT2D eigenvalue weighted by Crippen LogP contribution is -2.41. The number of hydrogen-bond donors (Lipinski definition) is 0. The minimum absolute atomic E-state index is 0.120. The summed E-state index contributed by atoms with van der Waals surface area (Å²) in [5, 5.41) is 7.89. The molecule has 2 aromatic rings. The second-order valence-corrected chi connectivity index (χ2v) is 7.05. The number of hydrogen-bond acceptors (Lipinski definition) is 4. The predicted octanol–water partition coefficient (Wildman–Crippen LogP) is 2.96. The van der Waals surface area contributed by atoms with Crippen LogP contribution in [-0.2, 0) is 4.79 Å². The van der Waals surface area contributed by atoms with Crippen LogP contribution in [0.15, 0.2) is 24.5 Å². The number of thiophene rings is 1. The van der Waals surface area contributed by atoms with Crippen LogP contribution in [0, 0.1) is 0 Å². The number of halogens is 1. The molecule has 7 heteroatoms. The maximum absolute atomic E-state index is 12.6. The fourth-order valence-corrected chi connectivity index (χ4v) is 3.82. The molecule has 1 atom stereocenters. The smallest absolute Gasteiger partial charge is 0.230 e. The van der Waals surface area contributed by atoms with Crippen LogP contribution in [0.2, 0.25) is 4.34 Å². The summed E-state index contributed by atoms with van der Waals surface area (Å²) in [7, 11) is 0. The maximum Gasteiger partial charge on any atom is 0.230 e. The van der Waals surface area contributed by atoms with Gasteiger partial charge in [-0.15, -0.1) is 16.4 Å². The average Bonchev–Trinajstić information content (AvgIpc) is 3.17. The Hall–Kier alpha value is -1.40. The zero-order valence-corrected chi connectivity index (χ0v) is 13.3. The third-order valence-electron chi connectivity index (χ3n) is 3.98. The summed E-state index contributed by atoms with van der Waals surface area (Å²) in [6, 6.07) is 4.14. The molecule has 1 unspecified atom stereocenters. The lowest BCUT2D eigenvalue weighted by Gasteiger charge is -2.33. The average molecular weight is 325 g/mol. The number of rotatable bonds is 3. The minimum Gasteiger partial charge on any atom is -0.342 e. The highest BCUT2D eigenvalue weighted by molar-refractivity contribution is 7.16. The Morgan fingerprint density at radius 3 is 2.76 bits per heavy atom. The van der Waals surface area contributed by atoms with Gasteiger partial charge in [0.15, 0.2) is 0 Å². The van der Waals surface area contributed by atoms with Crippen LogP contribution in [0.4, 0.5) is 0 Å². The molecule has 3 rings (SSSR count). The number of nitrogens with zero attached hydrogens (tertiary/aromatic N) is 4. The van der Waals surface area contributed by atoms with Crippen molar-refractivity contribution in [3.8, 4) is 0 Å². The van der Waals surface area contributed by atoms with Gasteiger partial charge in [-0.2, -0.15) is 0 Å². The Morgan fingerprint density at radius 1 is 1.43 bits per heavy atom. The molecule has 2 aromatic heterocycles. The standard InChI is InChI=1S/C14H17ClN4OS/c1-10(12-2-3-13(15)21-12)14(20)18-7-4-11(5-8-18)19-9-6-16-17-19/h2-3,6,9-11H,4-5,7-8H2,1H3. The lowest BCUT2D eigenvalue weighted by molar-refractivity contribution is -0.133. The molecule has 0 spiro atoms. The first-order valence-corrected chi connectivity index (χ1v) is 8.24. The lowest BCUT2D eigenvalue weighted by atomic mass is 10.0. The molecule has 21 heavy (non-hydrogen) atoms. The van der Waals surface area contributed by atoms with Gasteiger partial charge >= 0.3 is 0 Å².